The first-order valence-electron chi connectivity index (χ1n) is 4.95. The first-order chi connectivity index (χ1) is 7.74. The summed E-state index contributed by atoms with van der Waals surface area (Å²) >= 11 is 5.19. The summed E-state index contributed by atoms with van der Waals surface area (Å²) in [5.41, 5.74) is 7.01. The number of anilines is 1. The van der Waals surface area contributed by atoms with Crippen LogP contribution in [0.25, 0.3) is 5.69 Å². The number of nitrogens with zero attached hydrogens (tertiary/aromatic N) is 2. The summed E-state index contributed by atoms with van der Waals surface area (Å²) in [6.45, 7) is 2.10. The molecule has 3 nitrogen and oxygen atoms in total. The predicted molar refractivity (Wildman–Crippen MR) is 72.1 cm³/mol. The van der Waals surface area contributed by atoms with Crippen LogP contribution in [0, 0.1) is 0 Å². The Morgan fingerprint density at radius 1 is 1.44 bits per heavy atom. The fourth-order valence-corrected chi connectivity index (χ4v) is 2.54. The second kappa shape index (κ2) is 4.93. The molecule has 1 heterocycles. The number of thioether (sulfide) groups is 1. The zero-order chi connectivity index (χ0) is 11.5. The maximum Gasteiger partial charge on any atom is 0.140 e. The number of halogens is 1. The van der Waals surface area contributed by atoms with Crippen molar-refractivity contribution in [3.63, 3.8) is 0 Å². The minimum Gasteiger partial charge on any atom is -0.383 e. The molecule has 0 aliphatic carbocycles. The van der Waals surface area contributed by atoms with Crippen LogP contribution in [0.4, 0.5) is 5.82 Å². The smallest absolute Gasteiger partial charge is 0.140 e. The van der Waals surface area contributed by atoms with Crippen LogP contribution in [0.15, 0.2) is 39.8 Å². The summed E-state index contributed by atoms with van der Waals surface area (Å²) in [5, 5.41) is 4.31. The monoisotopic (exact) mass is 297 g/mol. The van der Waals surface area contributed by atoms with Crippen LogP contribution in [0.3, 0.4) is 0 Å². The minimum absolute atomic E-state index is 0.693. The molecule has 0 aliphatic rings. The molecule has 1 aromatic carbocycles. The van der Waals surface area contributed by atoms with E-state index in [9.17, 15) is 0 Å². The topological polar surface area (TPSA) is 43.8 Å². The van der Waals surface area contributed by atoms with E-state index in [0.29, 0.717) is 5.82 Å². The summed E-state index contributed by atoms with van der Waals surface area (Å²) in [5.74, 6) is 1.69. The molecule has 0 fully saturated rings. The molecule has 0 amide bonds. The van der Waals surface area contributed by atoms with E-state index in [0.717, 1.165) is 20.8 Å². The van der Waals surface area contributed by atoms with Gasteiger partial charge in [0.15, 0.2) is 0 Å². The molecule has 2 N–H and O–H groups in total. The van der Waals surface area contributed by atoms with Gasteiger partial charge in [-0.3, -0.25) is 0 Å². The molecule has 2 rings (SSSR count). The van der Waals surface area contributed by atoms with Gasteiger partial charge in [-0.15, -0.1) is 11.8 Å². The fraction of sp³-hybridized carbons (Fsp3) is 0.182. The van der Waals surface area contributed by atoms with Crippen molar-refractivity contribution in [2.24, 2.45) is 0 Å². The van der Waals surface area contributed by atoms with Gasteiger partial charge >= 0.3 is 0 Å². The zero-order valence-corrected chi connectivity index (χ0v) is 11.3. The lowest BCUT2D eigenvalue weighted by atomic mass is 10.3. The average Bonchev–Trinajstić information content (AvgIpc) is 2.62. The quantitative estimate of drug-likeness (QED) is 0.884. The Morgan fingerprint density at radius 3 is 2.88 bits per heavy atom. The van der Waals surface area contributed by atoms with Crippen molar-refractivity contribution in [2.45, 2.75) is 11.8 Å². The van der Waals surface area contributed by atoms with Crippen LogP contribution >= 0.6 is 27.7 Å². The van der Waals surface area contributed by atoms with Crippen LogP contribution in [0.1, 0.15) is 6.92 Å². The highest BCUT2D eigenvalue weighted by Gasteiger charge is 2.10. The van der Waals surface area contributed by atoms with Gasteiger partial charge in [0, 0.05) is 4.47 Å². The summed E-state index contributed by atoms with van der Waals surface area (Å²) in [7, 11) is 0. The molecule has 16 heavy (non-hydrogen) atoms. The van der Waals surface area contributed by atoms with Gasteiger partial charge in [-0.05, 0) is 33.8 Å². The first-order valence-corrected chi connectivity index (χ1v) is 6.73. The fourth-order valence-electron chi connectivity index (χ4n) is 1.43. The first kappa shape index (κ1) is 11.5. The van der Waals surface area contributed by atoms with Crippen molar-refractivity contribution >= 4 is 33.5 Å². The van der Waals surface area contributed by atoms with Crippen molar-refractivity contribution in [1.29, 1.82) is 0 Å². The largest absolute Gasteiger partial charge is 0.383 e. The number of nitrogens with two attached hydrogens (primary N) is 1. The average molecular weight is 298 g/mol. The number of hydrogen-bond donors (Lipinski definition) is 1. The predicted octanol–water partition coefficient (Wildman–Crippen LogP) is 3.33. The molecular weight excluding hydrogens is 286 g/mol. The lowest BCUT2D eigenvalue weighted by Crippen LogP contribution is -2.02. The van der Waals surface area contributed by atoms with Crippen molar-refractivity contribution in [2.75, 3.05) is 11.5 Å². The Morgan fingerprint density at radius 2 is 2.19 bits per heavy atom. The van der Waals surface area contributed by atoms with Gasteiger partial charge in [0.2, 0.25) is 0 Å². The minimum atomic E-state index is 0.693. The second-order valence-corrected chi connectivity index (χ2v) is 5.35. The van der Waals surface area contributed by atoms with Gasteiger partial charge in [0.05, 0.1) is 16.8 Å². The normalized spacial score (nSPS) is 10.6. The van der Waals surface area contributed by atoms with Gasteiger partial charge in [0.25, 0.3) is 0 Å². The number of nitrogen functional groups attached to an aromatic ring is 1. The molecule has 0 saturated carbocycles. The van der Waals surface area contributed by atoms with Crippen LogP contribution in [0.2, 0.25) is 0 Å². The summed E-state index contributed by atoms with van der Waals surface area (Å²) in [6.07, 6.45) is 1.81. The lowest BCUT2D eigenvalue weighted by molar-refractivity contribution is 0.886. The van der Waals surface area contributed by atoms with E-state index in [1.54, 1.807) is 16.4 Å². The Balaban J connectivity index is 2.45. The lowest BCUT2D eigenvalue weighted by Gasteiger charge is -2.06. The number of rotatable bonds is 3. The third-order valence-electron chi connectivity index (χ3n) is 2.15. The number of para-hydroxylation sites is 1. The van der Waals surface area contributed by atoms with E-state index in [1.807, 2.05) is 30.5 Å². The van der Waals surface area contributed by atoms with E-state index in [4.69, 9.17) is 5.73 Å². The molecule has 0 unspecified atom stereocenters. The molecule has 0 spiro atoms. The van der Waals surface area contributed by atoms with Gasteiger partial charge in [0.1, 0.15) is 5.82 Å². The molecule has 2 aromatic rings. The molecule has 0 atom stereocenters. The van der Waals surface area contributed by atoms with Gasteiger partial charge in [-0.1, -0.05) is 19.1 Å². The van der Waals surface area contributed by atoms with Gasteiger partial charge < -0.3 is 5.73 Å². The Labute approximate surface area is 107 Å². The standard InChI is InChI=1S/C11H12BrN3S/c1-2-16-10-7-14-15(11(10)13)9-6-4-3-5-8(9)12/h3-7H,2,13H2,1H3. The number of aromatic nitrogens is 2. The van der Waals surface area contributed by atoms with E-state index in [1.165, 1.54) is 0 Å². The second-order valence-electron chi connectivity index (χ2n) is 3.19. The number of benzene rings is 1. The highest BCUT2D eigenvalue weighted by atomic mass is 79.9. The van der Waals surface area contributed by atoms with Gasteiger partial charge in [-0.25, -0.2) is 4.68 Å². The van der Waals surface area contributed by atoms with E-state index < -0.39 is 0 Å². The van der Waals surface area contributed by atoms with Crippen molar-refractivity contribution < 1.29 is 0 Å². The maximum atomic E-state index is 6.05. The summed E-state index contributed by atoms with van der Waals surface area (Å²) in [4.78, 5) is 1.03. The Kier molecular flexibility index (Phi) is 3.56. The van der Waals surface area contributed by atoms with Crippen molar-refractivity contribution in [3.05, 3.63) is 34.9 Å². The molecule has 5 heteroatoms. The third-order valence-corrected chi connectivity index (χ3v) is 3.74. The van der Waals surface area contributed by atoms with E-state index in [-0.39, 0.29) is 0 Å². The molecular formula is C11H12BrN3S. The van der Waals surface area contributed by atoms with E-state index >= 15 is 0 Å². The molecule has 0 radical (unpaired) electrons. The van der Waals surface area contributed by atoms with Crippen LogP contribution < -0.4 is 5.73 Å². The summed E-state index contributed by atoms with van der Waals surface area (Å²) in [6, 6.07) is 7.89. The molecule has 0 bridgehead atoms. The SMILES string of the molecule is CCSc1cnn(-c2ccccc2Br)c1N. The Hall–Kier alpha value is -0.940. The van der Waals surface area contributed by atoms with Crippen LogP contribution in [0.5, 0.6) is 0 Å². The highest BCUT2D eigenvalue weighted by Crippen LogP contribution is 2.29. The number of hydrogen-bond acceptors (Lipinski definition) is 3. The van der Waals surface area contributed by atoms with Crippen LogP contribution in [-0.4, -0.2) is 15.5 Å². The summed E-state index contributed by atoms with van der Waals surface area (Å²) < 4.78 is 2.74. The molecule has 0 aliphatic heterocycles. The van der Waals surface area contributed by atoms with Crippen molar-refractivity contribution in [3.8, 4) is 5.69 Å². The Bertz CT molecular complexity index is 496. The van der Waals surface area contributed by atoms with Crippen LogP contribution in [-0.2, 0) is 0 Å². The van der Waals surface area contributed by atoms with Gasteiger partial charge in [-0.2, -0.15) is 5.10 Å². The van der Waals surface area contributed by atoms with E-state index in [2.05, 4.69) is 28.0 Å². The third kappa shape index (κ3) is 2.10. The zero-order valence-electron chi connectivity index (χ0n) is 8.85. The molecule has 84 valence electrons. The molecule has 0 saturated heterocycles. The maximum absolute atomic E-state index is 6.05. The van der Waals surface area contributed by atoms with Crippen molar-refractivity contribution in [1.82, 2.24) is 9.78 Å². The highest BCUT2D eigenvalue weighted by molar-refractivity contribution is 9.10. The molecule has 1 aromatic heterocycles.